The third-order valence-electron chi connectivity index (χ3n) is 3.74. The van der Waals surface area contributed by atoms with Crippen molar-refractivity contribution in [3.8, 4) is 0 Å². The molecular weight excluding hydrogens is 387 g/mol. The first kappa shape index (κ1) is 19.1. The van der Waals surface area contributed by atoms with Gasteiger partial charge in [-0.15, -0.1) is 24.0 Å². The Morgan fingerprint density at radius 1 is 1.27 bits per heavy atom. The van der Waals surface area contributed by atoms with Crippen LogP contribution >= 0.6 is 24.0 Å². The molecule has 0 aromatic heterocycles. The van der Waals surface area contributed by atoms with E-state index in [1.54, 1.807) is 0 Å². The van der Waals surface area contributed by atoms with E-state index in [4.69, 9.17) is 4.99 Å². The normalized spacial score (nSPS) is 15.3. The molecular formula is C17H29IN4. The summed E-state index contributed by atoms with van der Waals surface area (Å²) in [4.78, 5) is 7.19. The van der Waals surface area contributed by atoms with Gasteiger partial charge in [-0.1, -0.05) is 18.2 Å². The Bertz CT molecular complexity index is 487. The van der Waals surface area contributed by atoms with Gasteiger partial charge in [0.1, 0.15) is 0 Å². The van der Waals surface area contributed by atoms with E-state index < -0.39 is 0 Å². The van der Waals surface area contributed by atoms with E-state index >= 15 is 0 Å². The van der Waals surface area contributed by atoms with Crippen molar-refractivity contribution >= 4 is 35.6 Å². The molecule has 124 valence electrons. The lowest BCUT2D eigenvalue weighted by Gasteiger charge is -2.26. The number of rotatable bonds is 5. The van der Waals surface area contributed by atoms with Crippen LogP contribution in [0.4, 0.5) is 5.69 Å². The molecule has 1 atom stereocenters. The number of nitrogens with one attached hydrogen (secondary N) is 2. The van der Waals surface area contributed by atoms with Crippen LogP contribution in [-0.4, -0.2) is 37.7 Å². The Balaban J connectivity index is 0.00000242. The number of nitrogens with zero attached hydrogens (tertiary/aromatic N) is 2. The topological polar surface area (TPSA) is 39.7 Å². The predicted molar refractivity (Wildman–Crippen MR) is 107 cm³/mol. The van der Waals surface area contributed by atoms with Crippen LogP contribution in [0.25, 0.3) is 0 Å². The molecule has 1 aliphatic heterocycles. The fourth-order valence-electron chi connectivity index (χ4n) is 2.74. The molecule has 0 saturated heterocycles. The Labute approximate surface area is 151 Å². The van der Waals surface area contributed by atoms with Crippen molar-refractivity contribution in [2.75, 3.05) is 24.5 Å². The lowest BCUT2D eigenvalue weighted by atomic mass is 10.2. The van der Waals surface area contributed by atoms with E-state index in [9.17, 15) is 0 Å². The lowest BCUT2D eigenvalue weighted by Crippen LogP contribution is -2.42. The number of hydrogen-bond donors (Lipinski definition) is 2. The molecule has 22 heavy (non-hydrogen) atoms. The molecule has 1 heterocycles. The summed E-state index contributed by atoms with van der Waals surface area (Å²) in [6, 6.07) is 9.51. The van der Waals surface area contributed by atoms with Gasteiger partial charge in [0.15, 0.2) is 5.96 Å². The fraction of sp³-hybridized carbons (Fsp3) is 0.588. The first-order chi connectivity index (χ1) is 10.1. The molecule has 1 aromatic carbocycles. The minimum Gasteiger partial charge on any atom is -0.366 e. The second-order valence-corrected chi connectivity index (χ2v) is 5.94. The number of halogens is 1. The largest absolute Gasteiger partial charge is 0.366 e. The lowest BCUT2D eigenvalue weighted by molar-refractivity contribution is 0.649. The summed E-state index contributed by atoms with van der Waals surface area (Å²) in [6.07, 6.45) is 1.15. The Morgan fingerprint density at radius 2 is 2.00 bits per heavy atom. The highest BCUT2D eigenvalue weighted by Gasteiger charge is 2.22. The molecule has 2 rings (SSSR count). The number of guanidine groups is 1. The molecule has 2 N–H and O–H groups in total. The van der Waals surface area contributed by atoms with Gasteiger partial charge in [-0.2, -0.15) is 0 Å². The number of fused-ring (bicyclic) bond motifs is 1. The molecule has 0 saturated carbocycles. The molecule has 0 amide bonds. The monoisotopic (exact) mass is 416 g/mol. The van der Waals surface area contributed by atoms with Crippen LogP contribution in [0.15, 0.2) is 29.3 Å². The van der Waals surface area contributed by atoms with Crippen molar-refractivity contribution < 1.29 is 0 Å². The highest BCUT2D eigenvalue weighted by molar-refractivity contribution is 14.0. The summed E-state index contributed by atoms with van der Waals surface area (Å²) >= 11 is 0. The first-order valence-electron chi connectivity index (χ1n) is 8.01. The molecule has 1 unspecified atom stereocenters. The van der Waals surface area contributed by atoms with Gasteiger partial charge < -0.3 is 15.5 Å². The van der Waals surface area contributed by atoms with Gasteiger partial charge >= 0.3 is 0 Å². The maximum atomic E-state index is 4.72. The van der Waals surface area contributed by atoms with Crippen molar-refractivity contribution in [1.82, 2.24) is 10.6 Å². The van der Waals surface area contributed by atoms with Gasteiger partial charge in [-0.25, -0.2) is 0 Å². The predicted octanol–water partition coefficient (Wildman–Crippen LogP) is 3.02. The number of benzene rings is 1. The first-order valence-corrected chi connectivity index (χ1v) is 8.01. The average molecular weight is 416 g/mol. The van der Waals surface area contributed by atoms with Crippen LogP contribution in [0.5, 0.6) is 0 Å². The summed E-state index contributed by atoms with van der Waals surface area (Å²) in [5.41, 5.74) is 2.84. The summed E-state index contributed by atoms with van der Waals surface area (Å²) < 4.78 is 0. The van der Waals surface area contributed by atoms with Gasteiger partial charge in [0.25, 0.3) is 0 Å². The standard InChI is InChI=1S/C17H28N4.HI/c1-5-18-17(20-13(2)3)19-12-14(4)21-11-10-15-8-6-7-9-16(15)21;/h6-9,13-14H,5,10-12H2,1-4H3,(H2,18,19,20);1H. The van der Waals surface area contributed by atoms with E-state index in [0.29, 0.717) is 12.1 Å². The van der Waals surface area contributed by atoms with Gasteiger partial charge in [-0.05, 0) is 45.7 Å². The molecule has 5 heteroatoms. The van der Waals surface area contributed by atoms with Crippen LogP contribution in [0.1, 0.15) is 33.3 Å². The van der Waals surface area contributed by atoms with Crippen molar-refractivity contribution in [2.24, 2.45) is 4.99 Å². The minimum absolute atomic E-state index is 0. The van der Waals surface area contributed by atoms with E-state index in [0.717, 1.165) is 32.0 Å². The van der Waals surface area contributed by atoms with Gasteiger partial charge in [0, 0.05) is 30.9 Å². The van der Waals surface area contributed by atoms with Crippen LogP contribution < -0.4 is 15.5 Å². The summed E-state index contributed by atoms with van der Waals surface area (Å²) in [7, 11) is 0. The molecule has 1 aromatic rings. The van der Waals surface area contributed by atoms with E-state index in [1.807, 2.05) is 0 Å². The number of aliphatic imine (C=N–C) groups is 1. The average Bonchev–Trinajstić information content (AvgIpc) is 2.88. The summed E-state index contributed by atoms with van der Waals surface area (Å²) in [5, 5.41) is 6.67. The quantitative estimate of drug-likeness (QED) is 0.441. The van der Waals surface area contributed by atoms with Crippen LogP contribution in [0.2, 0.25) is 0 Å². The molecule has 1 aliphatic rings. The van der Waals surface area contributed by atoms with Crippen molar-refractivity contribution in [1.29, 1.82) is 0 Å². The number of hydrogen-bond acceptors (Lipinski definition) is 2. The smallest absolute Gasteiger partial charge is 0.191 e. The molecule has 0 fully saturated rings. The molecule has 0 aliphatic carbocycles. The van der Waals surface area contributed by atoms with Crippen LogP contribution in [0, 0.1) is 0 Å². The zero-order valence-electron chi connectivity index (χ0n) is 14.1. The second kappa shape index (κ2) is 9.22. The third kappa shape index (κ3) is 5.04. The highest BCUT2D eigenvalue weighted by Crippen LogP contribution is 2.29. The zero-order valence-corrected chi connectivity index (χ0v) is 16.4. The number of anilines is 1. The number of para-hydroxylation sites is 1. The van der Waals surface area contributed by atoms with Crippen molar-refractivity contribution in [2.45, 2.75) is 46.2 Å². The fourth-order valence-corrected chi connectivity index (χ4v) is 2.74. The molecule has 0 spiro atoms. The van der Waals surface area contributed by atoms with Crippen molar-refractivity contribution in [3.05, 3.63) is 29.8 Å². The van der Waals surface area contributed by atoms with Crippen molar-refractivity contribution in [3.63, 3.8) is 0 Å². The minimum atomic E-state index is 0. The second-order valence-electron chi connectivity index (χ2n) is 5.94. The van der Waals surface area contributed by atoms with Gasteiger partial charge in [0.05, 0.1) is 6.54 Å². The maximum absolute atomic E-state index is 4.72. The highest BCUT2D eigenvalue weighted by atomic mass is 127. The summed E-state index contributed by atoms with van der Waals surface area (Å²) in [5.74, 6) is 0.909. The molecule has 4 nitrogen and oxygen atoms in total. The van der Waals surface area contributed by atoms with E-state index in [2.05, 4.69) is 67.5 Å². The van der Waals surface area contributed by atoms with E-state index in [1.165, 1.54) is 11.3 Å². The Hall–Kier alpha value is -0.980. The Kier molecular flexibility index (Phi) is 8.00. The molecule has 0 bridgehead atoms. The van der Waals surface area contributed by atoms with Gasteiger partial charge in [-0.3, -0.25) is 4.99 Å². The molecule has 0 radical (unpaired) electrons. The van der Waals surface area contributed by atoms with E-state index in [-0.39, 0.29) is 24.0 Å². The van der Waals surface area contributed by atoms with Gasteiger partial charge in [0.2, 0.25) is 0 Å². The summed E-state index contributed by atoms with van der Waals surface area (Å²) in [6.45, 7) is 11.4. The third-order valence-corrected chi connectivity index (χ3v) is 3.74. The Morgan fingerprint density at radius 3 is 2.68 bits per heavy atom. The SMILES string of the molecule is CCNC(=NCC(C)N1CCc2ccccc21)NC(C)C.I. The zero-order chi connectivity index (χ0) is 15.2. The van der Waals surface area contributed by atoms with Crippen LogP contribution in [-0.2, 0) is 6.42 Å². The maximum Gasteiger partial charge on any atom is 0.191 e. The van der Waals surface area contributed by atoms with Crippen LogP contribution in [0.3, 0.4) is 0 Å².